The Morgan fingerprint density at radius 2 is 1.86 bits per heavy atom. The number of carbonyl (C=O) groups excluding carboxylic acids is 2. The summed E-state index contributed by atoms with van der Waals surface area (Å²) >= 11 is 18.7. The molecule has 0 fully saturated rings. The van der Waals surface area contributed by atoms with E-state index in [0.29, 0.717) is 55.1 Å². The molecule has 1 heterocycles. The number of amides is 1. The number of nitrogens with zero attached hydrogens (tertiary/aromatic N) is 1. The standard InChI is InChI=1S/C30H27Br2ClN4O5S/c1-3-40-29(39)26-17(2)35-30(43)36-27(26)21-6-4-5-7-24(21)41-16-25(38)37-34-14-19-12-22(32)28(23(33)13-19)42-15-18-8-10-20(31)11-9-18/h4-14,27H,3,15-16H2,1-2H3,(H,37,38)(H2,35,36,43)/t27-/m0/s1. The highest BCUT2D eigenvalue weighted by Gasteiger charge is 2.32. The van der Waals surface area contributed by atoms with E-state index in [1.54, 1.807) is 50.2 Å². The summed E-state index contributed by atoms with van der Waals surface area (Å²) in [5.74, 6) is -0.0760. The molecule has 1 amide bonds. The Morgan fingerprint density at radius 1 is 1.12 bits per heavy atom. The average molecular weight is 751 g/mol. The van der Waals surface area contributed by atoms with Gasteiger partial charge in [-0.2, -0.15) is 5.10 Å². The van der Waals surface area contributed by atoms with Gasteiger partial charge in [0, 0.05) is 15.7 Å². The van der Waals surface area contributed by atoms with Crippen molar-refractivity contribution in [2.24, 2.45) is 5.10 Å². The van der Waals surface area contributed by atoms with E-state index in [2.05, 4.69) is 53.0 Å². The van der Waals surface area contributed by atoms with E-state index in [-0.39, 0.29) is 13.2 Å². The molecule has 0 spiro atoms. The van der Waals surface area contributed by atoms with Gasteiger partial charge in [-0.05, 0) is 83.5 Å². The first-order valence-corrected chi connectivity index (χ1v) is 15.4. The second kappa shape index (κ2) is 15.3. The number of hydrogen-bond donors (Lipinski definition) is 3. The Morgan fingerprint density at radius 3 is 2.58 bits per heavy atom. The Hall–Kier alpha value is -3.45. The zero-order valence-corrected chi connectivity index (χ0v) is 27.8. The molecule has 0 aliphatic carbocycles. The number of nitrogens with one attached hydrogen (secondary N) is 3. The fourth-order valence-corrected chi connectivity index (χ4v) is 5.66. The van der Waals surface area contributed by atoms with Gasteiger partial charge in [0.1, 0.15) is 12.4 Å². The molecule has 1 aliphatic heterocycles. The number of ether oxygens (including phenoxy) is 3. The van der Waals surface area contributed by atoms with E-state index in [1.165, 1.54) is 6.21 Å². The summed E-state index contributed by atoms with van der Waals surface area (Å²) in [6.07, 6.45) is 1.46. The number of carbonyl (C=O) groups is 2. The second-order valence-corrected chi connectivity index (χ2v) is 11.7. The molecule has 4 rings (SSSR count). The topological polar surface area (TPSA) is 110 Å². The molecule has 3 aromatic carbocycles. The Kier molecular flexibility index (Phi) is 11.6. The van der Waals surface area contributed by atoms with Crippen LogP contribution in [0.1, 0.15) is 36.6 Å². The van der Waals surface area contributed by atoms with Crippen molar-refractivity contribution in [1.82, 2.24) is 16.1 Å². The average Bonchev–Trinajstić information content (AvgIpc) is 2.96. The van der Waals surface area contributed by atoms with Crippen LogP contribution < -0.4 is 25.5 Å². The first-order chi connectivity index (χ1) is 20.7. The van der Waals surface area contributed by atoms with Gasteiger partial charge in [-0.15, -0.1) is 0 Å². The number of allylic oxidation sites excluding steroid dienone is 1. The fourth-order valence-electron chi connectivity index (χ4n) is 4.14. The van der Waals surface area contributed by atoms with Crippen LogP contribution in [0.4, 0.5) is 0 Å². The summed E-state index contributed by atoms with van der Waals surface area (Å²) in [5, 5.41) is 10.8. The zero-order valence-electron chi connectivity index (χ0n) is 23.1. The third kappa shape index (κ3) is 8.79. The number of hydrogen-bond acceptors (Lipinski definition) is 7. The molecule has 224 valence electrons. The van der Waals surface area contributed by atoms with Crippen LogP contribution in [0.3, 0.4) is 0 Å². The Bertz CT molecular complexity index is 1560. The van der Waals surface area contributed by atoms with Crippen LogP contribution in [0, 0.1) is 0 Å². The van der Waals surface area contributed by atoms with Crippen molar-refractivity contribution in [3.8, 4) is 11.5 Å². The zero-order chi connectivity index (χ0) is 30.9. The van der Waals surface area contributed by atoms with E-state index in [4.69, 9.17) is 38.0 Å². The molecule has 43 heavy (non-hydrogen) atoms. The molecule has 0 saturated heterocycles. The minimum Gasteiger partial charge on any atom is -0.486 e. The maximum atomic E-state index is 12.7. The van der Waals surface area contributed by atoms with Gasteiger partial charge in [0.05, 0.1) is 33.9 Å². The number of benzene rings is 3. The van der Waals surface area contributed by atoms with E-state index in [0.717, 1.165) is 10.0 Å². The number of para-hydroxylation sites is 1. The highest BCUT2D eigenvalue weighted by atomic mass is 79.9. The van der Waals surface area contributed by atoms with Gasteiger partial charge in [-0.1, -0.05) is 57.9 Å². The quantitative estimate of drug-likeness (QED) is 0.0904. The SMILES string of the molecule is CCOC(=O)C1=C(C)NC(=S)N[C@H]1c1ccccc1OCC(=O)NN=Cc1cc(Cl)c(OCc2ccc(Br)cc2)c(Br)c1. The predicted octanol–water partition coefficient (Wildman–Crippen LogP) is 6.33. The predicted molar refractivity (Wildman–Crippen MR) is 176 cm³/mol. The number of thiocarbonyl (C=S) groups is 1. The molecule has 1 atom stereocenters. The molecule has 0 radical (unpaired) electrons. The monoisotopic (exact) mass is 748 g/mol. The van der Waals surface area contributed by atoms with Crippen molar-refractivity contribution in [3.05, 3.63) is 103 Å². The van der Waals surface area contributed by atoms with Gasteiger partial charge in [-0.25, -0.2) is 10.2 Å². The number of hydrazone groups is 1. The van der Waals surface area contributed by atoms with Gasteiger partial charge < -0.3 is 24.8 Å². The molecular formula is C30H27Br2ClN4O5S. The third-order valence-electron chi connectivity index (χ3n) is 6.07. The lowest BCUT2D eigenvalue weighted by molar-refractivity contribution is -0.139. The smallest absolute Gasteiger partial charge is 0.338 e. The van der Waals surface area contributed by atoms with Crippen molar-refractivity contribution in [2.45, 2.75) is 26.5 Å². The molecule has 3 aromatic rings. The lowest BCUT2D eigenvalue weighted by Gasteiger charge is -2.30. The van der Waals surface area contributed by atoms with Crippen LogP contribution >= 0.6 is 55.7 Å². The summed E-state index contributed by atoms with van der Waals surface area (Å²) in [7, 11) is 0. The molecule has 0 bridgehead atoms. The first-order valence-electron chi connectivity index (χ1n) is 13.0. The van der Waals surface area contributed by atoms with Gasteiger partial charge in [0.25, 0.3) is 5.91 Å². The molecule has 0 unspecified atom stereocenters. The van der Waals surface area contributed by atoms with Crippen LogP contribution in [0.5, 0.6) is 11.5 Å². The summed E-state index contributed by atoms with van der Waals surface area (Å²) in [5.41, 5.74) is 5.64. The highest BCUT2D eigenvalue weighted by molar-refractivity contribution is 9.10. The second-order valence-electron chi connectivity index (χ2n) is 9.14. The van der Waals surface area contributed by atoms with Crippen LogP contribution in [0.15, 0.2) is 86.0 Å². The van der Waals surface area contributed by atoms with E-state index < -0.39 is 17.9 Å². The normalized spacial score (nSPS) is 14.6. The maximum Gasteiger partial charge on any atom is 0.338 e. The Balaban J connectivity index is 1.37. The van der Waals surface area contributed by atoms with Crippen molar-refractivity contribution in [1.29, 1.82) is 0 Å². The van der Waals surface area contributed by atoms with E-state index in [9.17, 15) is 9.59 Å². The van der Waals surface area contributed by atoms with Crippen LogP contribution in [0.2, 0.25) is 5.02 Å². The number of esters is 1. The van der Waals surface area contributed by atoms with Gasteiger partial charge in [0.2, 0.25) is 0 Å². The van der Waals surface area contributed by atoms with Gasteiger partial charge in [-0.3, -0.25) is 4.79 Å². The summed E-state index contributed by atoms with van der Waals surface area (Å²) in [6, 6.07) is 17.7. The lowest BCUT2D eigenvalue weighted by atomic mass is 9.95. The van der Waals surface area contributed by atoms with Gasteiger partial charge in [0.15, 0.2) is 17.5 Å². The molecule has 0 aromatic heterocycles. The van der Waals surface area contributed by atoms with Crippen molar-refractivity contribution < 1.29 is 23.8 Å². The van der Waals surface area contributed by atoms with Crippen LogP contribution in [-0.4, -0.2) is 36.4 Å². The number of halogens is 3. The van der Waals surface area contributed by atoms with Crippen LogP contribution in [-0.2, 0) is 20.9 Å². The van der Waals surface area contributed by atoms with Crippen molar-refractivity contribution in [3.63, 3.8) is 0 Å². The minimum absolute atomic E-state index is 0.222. The van der Waals surface area contributed by atoms with Crippen molar-refractivity contribution >= 4 is 78.9 Å². The molecule has 3 N–H and O–H groups in total. The summed E-state index contributed by atoms with van der Waals surface area (Å²) in [4.78, 5) is 25.3. The molecule has 1 aliphatic rings. The fraction of sp³-hybridized carbons (Fsp3) is 0.200. The molecule has 0 saturated carbocycles. The first kappa shape index (κ1) is 32.5. The van der Waals surface area contributed by atoms with Crippen LogP contribution in [0.25, 0.3) is 0 Å². The third-order valence-corrected chi connectivity index (χ3v) is 7.69. The van der Waals surface area contributed by atoms with E-state index in [1.807, 2.05) is 24.3 Å². The van der Waals surface area contributed by atoms with Crippen molar-refractivity contribution in [2.75, 3.05) is 13.2 Å². The molecule has 13 heteroatoms. The van der Waals surface area contributed by atoms with Gasteiger partial charge >= 0.3 is 5.97 Å². The molecule has 9 nitrogen and oxygen atoms in total. The number of rotatable bonds is 11. The highest BCUT2D eigenvalue weighted by Crippen LogP contribution is 2.35. The molecular weight excluding hydrogens is 724 g/mol. The lowest BCUT2D eigenvalue weighted by Crippen LogP contribution is -2.45. The minimum atomic E-state index is -0.630. The summed E-state index contributed by atoms with van der Waals surface area (Å²) in [6.45, 7) is 3.73. The van der Waals surface area contributed by atoms with E-state index >= 15 is 0 Å². The largest absolute Gasteiger partial charge is 0.486 e. The maximum absolute atomic E-state index is 12.7. The Labute approximate surface area is 276 Å². The summed E-state index contributed by atoms with van der Waals surface area (Å²) < 4.78 is 18.6.